The molecule has 1 heterocycles. The molecular weight excluding hydrogens is 398 g/mol. The summed E-state index contributed by atoms with van der Waals surface area (Å²) in [6.07, 6.45) is 2.29. The van der Waals surface area contributed by atoms with Crippen LogP contribution in [0.15, 0.2) is 53.6 Å². The van der Waals surface area contributed by atoms with E-state index in [2.05, 4.69) is 20.8 Å². The van der Waals surface area contributed by atoms with Gasteiger partial charge < -0.3 is 15.2 Å². The number of aromatic nitrogens is 2. The van der Waals surface area contributed by atoms with Crippen molar-refractivity contribution in [3.05, 3.63) is 65.6 Å². The second-order valence-corrected chi connectivity index (χ2v) is 7.26. The number of benzene rings is 2. The number of nitriles is 1. The van der Waals surface area contributed by atoms with Gasteiger partial charge in [0.05, 0.1) is 30.4 Å². The zero-order chi connectivity index (χ0) is 21.3. The number of methoxy groups -OCH3 is 2. The van der Waals surface area contributed by atoms with Crippen molar-refractivity contribution in [1.29, 1.82) is 5.26 Å². The van der Waals surface area contributed by atoms with E-state index < -0.39 is 0 Å². The predicted molar refractivity (Wildman–Crippen MR) is 117 cm³/mol. The summed E-state index contributed by atoms with van der Waals surface area (Å²) in [6, 6.07) is 15.4. The molecule has 0 radical (unpaired) electrons. The summed E-state index contributed by atoms with van der Waals surface area (Å²) in [6.45, 7) is 1.29. The van der Waals surface area contributed by atoms with Gasteiger partial charge in [-0.2, -0.15) is 5.26 Å². The zero-order valence-electron chi connectivity index (χ0n) is 16.9. The Morgan fingerprint density at radius 2 is 1.93 bits per heavy atom. The van der Waals surface area contributed by atoms with Gasteiger partial charge in [0.1, 0.15) is 23.4 Å². The third-order valence-corrected chi connectivity index (χ3v) is 5.25. The Morgan fingerprint density at radius 3 is 2.67 bits per heavy atom. The number of nitrogens with two attached hydrogens (primary N) is 1. The first-order valence-corrected chi connectivity index (χ1v) is 10.2. The summed E-state index contributed by atoms with van der Waals surface area (Å²) in [4.78, 5) is 10.1. The van der Waals surface area contributed by atoms with Gasteiger partial charge in [-0.3, -0.25) is 4.72 Å². The maximum absolute atomic E-state index is 9.32. The highest BCUT2D eigenvalue weighted by Gasteiger charge is 2.10. The average Bonchev–Trinajstić information content (AvgIpc) is 2.79. The predicted octanol–water partition coefficient (Wildman–Crippen LogP) is 3.18. The van der Waals surface area contributed by atoms with Gasteiger partial charge in [0, 0.05) is 31.3 Å². The third-order valence-electron chi connectivity index (χ3n) is 4.34. The van der Waals surface area contributed by atoms with E-state index in [1.54, 1.807) is 32.5 Å². The molecule has 154 valence electrons. The lowest BCUT2D eigenvalue weighted by Crippen LogP contribution is -2.16. The topological polar surface area (TPSA) is 106 Å². The van der Waals surface area contributed by atoms with Crippen molar-refractivity contribution in [2.75, 3.05) is 27.3 Å². The number of nitrogens with one attached hydrogen (secondary N) is 1. The van der Waals surface area contributed by atoms with E-state index in [9.17, 15) is 5.26 Å². The summed E-state index contributed by atoms with van der Waals surface area (Å²) < 4.78 is 13.9. The summed E-state index contributed by atoms with van der Waals surface area (Å²) in [5.41, 5.74) is 8.62. The standard InChI is InChI=1S/C22H23N5O2S/c1-28-19-5-4-16(13-17(19)14-24)18-7-9-25-22(27-18)12-15-3-6-21(20(11-15)29-2)30-26-10-8-23/h3-7,9,11,13,26H,8,10,12,23H2,1-2H3. The third kappa shape index (κ3) is 5.27. The van der Waals surface area contributed by atoms with Gasteiger partial charge in [-0.05, 0) is 53.9 Å². The van der Waals surface area contributed by atoms with Gasteiger partial charge in [0.15, 0.2) is 0 Å². The number of rotatable bonds is 9. The Morgan fingerprint density at radius 1 is 1.10 bits per heavy atom. The molecule has 2 aromatic carbocycles. The number of ether oxygens (including phenoxy) is 2. The van der Waals surface area contributed by atoms with Crippen LogP contribution in [0.5, 0.6) is 11.5 Å². The Labute approximate surface area is 180 Å². The van der Waals surface area contributed by atoms with Crippen LogP contribution < -0.4 is 19.9 Å². The Kier molecular flexibility index (Phi) is 7.63. The van der Waals surface area contributed by atoms with Gasteiger partial charge in [-0.25, -0.2) is 9.97 Å². The minimum absolute atomic E-state index is 0.469. The molecule has 0 saturated heterocycles. The lowest BCUT2D eigenvalue weighted by molar-refractivity contribution is 0.404. The smallest absolute Gasteiger partial charge is 0.136 e. The molecule has 3 N–H and O–H groups in total. The molecule has 0 fully saturated rings. The molecule has 1 aromatic heterocycles. The van der Waals surface area contributed by atoms with Crippen molar-refractivity contribution < 1.29 is 9.47 Å². The molecule has 0 aliphatic rings. The van der Waals surface area contributed by atoms with Crippen LogP contribution in [0.2, 0.25) is 0 Å². The van der Waals surface area contributed by atoms with Crippen molar-refractivity contribution in [1.82, 2.24) is 14.7 Å². The molecule has 0 atom stereocenters. The summed E-state index contributed by atoms with van der Waals surface area (Å²) >= 11 is 1.49. The number of hydrogen-bond acceptors (Lipinski definition) is 8. The lowest BCUT2D eigenvalue weighted by atomic mass is 10.1. The maximum Gasteiger partial charge on any atom is 0.136 e. The average molecular weight is 422 g/mol. The molecule has 0 aliphatic heterocycles. The first-order chi connectivity index (χ1) is 14.7. The fraction of sp³-hybridized carbons (Fsp3) is 0.227. The minimum atomic E-state index is 0.469. The molecule has 3 rings (SSSR count). The fourth-order valence-corrected chi connectivity index (χ4v) is 3.63. The van der Waals surface area contributed by atoms with Crippen LogP contribution in [0.4, 0.5) is 0 Å². The molecule has 8 heteroatoms. The van der Waals surface area contributed by atoms with E-state index in [0.29, 0.717) is 30.1 Å². The van der Waals surface area contributed by atoms with Gasteiger partial charge in [0.25, 0.3) is 0 Å². The van der Waals surface area contributed by atoms with Crippen LogP contribution in [0.25, 0.3) is 11.3 Å². The molecule has 7 nitrogen and oxygen atoms in total. The largest absolute Gasteiger partial charge is 0.496 e. The van der Waals surface area contributed by atoms with Gasteiger partial charge in [0.2, 0.25) is 0 Å². The highest BCUT2D eigenvalue weighted by molar-refractivity contribution is 7.97. The Hall–Kier alpha value is -3.12. The quantitative estimate of drug-likeness (QED) is 0.401. The molecule has 3 aromatic rings. The molecule has 0 spiro atoms. The Bertz CT molecular complexity index is 1050. The van der Waals surface area contributed by atoms with Crippen LogP contribution in [-0.2, 0) is 6.42 Å². The van der Waals surface area contributed by atoms with E-state index in [1.807, 2.05) is 30.3 Å². The molecular formula is C22H23N5O2S. The van der Waals surface area contributed by atoms with E-state index in [4.69, 9.17) is 15.2 Å². The summed E-state index contributed by atoms with van der Waals surface area (Å²) in [5, 5.41) is 9.32. The van der Waals surface area contributed by atoms with Gasteiger partial charge in [-0.15, -0.1) is 0 Å². The van der Waals surface area contributed by atoms with Crippen molar-refractivity contribution >= 4 is 11.9 Å². The van der Waals surface area contributed by atoms with E-state index in [1.165, 1.54) is 11.9 Å². The molecule has 0 saturated carbocycles. The molecule has 0 bridgehead atoms. The monoisotopic (exact) mass is 421 g/mol. The van der Waals surface area contributed by atoms with Crippen LogP contribution >= 0.6 is 11.9 Å². The lowest BCUT2D eigenvalue weighted by Gasteiger charge is -2.11. The van der Waals surface area contributed by atoms with E-state index in [0.717, 1.165) is 34.0 Å². The molecule has 30 heavy (non-hydrogen) atoms. The van der Waals surface area contributed by atoms with E-state index >= 15 is 0 Å². The van der Waals surface area contributed by atoms with Crippen LogP contribution in [0, 0.1) is 11.3 Å². The molecule has 0 aliphatic carbocycles. The number of nitrogens with zero attached hydrogens (tertiary/aromatic N) is 3. The maximum atomic E-state index is 9.32. The minimum Gasteiger partial charge on any atom is -0.496 e. The first kappa shape index (κ1) is 21.6. The van der Waals surface area contributed by atoms with Gasteiger partial charge in [-0.1, -0.05) is 6.07 Å². The first-order valence-electron chi connectivity index (χ1n) is 9.35. The highest BCUT2D eigenvalue weighted by atomic mass is 32.2. The Balaban J connectivity index is 1.81. The van der Waals surface area contributed by atoms with Crippen molar-refractivity contribution in [2.24, 2.45) is 5.73 Å². The highest BCUT2D eigenvalue weighted by Crippen LogP contribution is 2.29. The van der Waals surface area contributed by atoms with Crippen LogP contribution in [-0.4, -0.2) is 37.3 Å². The van der Waals surface area contributed by atoms with Crippen LogP contribution in [0.3, 0.4) is 0 Å². The molecule has 0 amide bonds. The van der Waals surface area contributed by atoms with Crippen LogP contribution in [0.1, 0.15) is 17.0 Å². The normalized spacial score (nSPS) is 10.5. The zero-order valence-corrected chi connectivity index (χ0v) is 17.7. The second kappa shape index (κ2) is 10.6. The summed E-state index contributed by atoms with van der Waals surface area (Å²) in [7, 11) is 3.20. The molecule has 0 unspecified atom stereocenters. The number of hydrogen-bond donors (Lipinski definition) is 2. The van der Waals surface area contributed by atoms with Crippen molar-refractivity contribution in [3.8, 4) is 28.8 Å². The SMILES string of the molecule is COc1ccc(-c2ccnc(Cc3ccc(SNCCN)c(OC)c3)n2)cc1C#N. The van der Waals surface area contributed by atoms with Crippen molar-refractivity contribution in [3.63, 3.8) is 0 Å². The van der Waals surface area contributed by atoms with Crippen molar-refractivity contribution in [2.45, 2.75) is 11.3 Å². The van der Waals surface area contributed by atoms with E-state index in [-0.39, 0.29) is 0 Å². The second-order valence-electron chi connectivity index (χ2n) is 6.33. The van der Waals surface area contributed by atoms with Gasteiger partial charge >= 0.3 is 0 Å². The summed E-state index contributed by atoms with van der Waals surface area (Å²) in [5.74, 6) is 2.01. The fourth-order valence-electron chi connectivity index (χ4n) is 2.88.